The van der Waals surface area contributed by atoms with Crippen molar-refractivity contribution in [2.24, 2.45) is 7.05 Å². The predicted octanol–water partition coefficient (Wildman–Crippen LogP) is 2.75. The zero-order valence-electron chi connectivity index (χ0n) is 13.7. The van der Waals surface area contributed by atoms with Crippen LogP contribution in [0.3, 0.4) is 0 Å². The van der Waals surface area contributed by atoms with Gasteiger partial charge >= 0.3 is 0 Å². The van der Waals surface area contributed by atoms with Crippen LogP contribution < -0.4 is 5.32 Å². The third-order valence-electron chi connectivity index (χ3n) is 3.62. The summed E-state index contributed by atoms with van der Waals surface area (Å²) in [5.74, 6) is 0. The Morgan fingerprint density at radius 1 is 1.19 bits per heavy atom. The van der Waals surface area contributed by atoms with Crippen molar-refractivity contribution in [2.75, 3.05) is 20.3 Å². The molecule has 0 aliphatic carbocycles. The molecule has 2 aromatic rings. The molecular weight excluding hydrogens is 262 g/mol. The number of aryl methyl sites for hydroxylation is 4. The van der Waals surface area contributed by atoms with Gasteiger partial charge < -0.3 is 10.1 Å². The fourth-order valence-corrected chi connectivity index (χ4v) is 2.83. The molecule has 0 amide bonds. The van der Waals surface area contributed by atoms with Crippen molar-refractivity contribution in [3.05, 3.63) is 40.6 Å². The van der Waals surface area contributed by atoms with Gasteiger partial charge in [0.2, 0.25) is 0 Å². The molecule has 0 fully saturated rings. The lowest BCUT2D eigenvalue weighted by molar-refractivity contribution is 0.199. The van der Waals surface area contributed by atoms with Gasteiger partial charge in [0.05, 0.1) is 12.3 Å². The molecule has 0 aliphatic heterocycles. The van der Waals surface area contributed by atoms with Crippen LogP contribution in [0, 0.1) is 20.8 Å². The van der Waals surface area contributed by atoms with E-state index >= 15 is 0 Å². The Morgan fingerprint density at radius 2 is 1.86 bits per heavy atom. The number of hydrogen-bond acceptors (Lipinski definition) is 3. The highest BCUT2D eigenvalue weighted by Gasteiger charge is 2.14. The number of methoxy groups -OCH3 is 1. The van der Waals surface area contributed by atoms with Gasteiger partial charge in [-0.1, -0.05) is 17.7 Å². The summed E-state index contributed by atoms with van der Waals surface area (Å²) in [6, 6.07) is 4.44. The number of aromatic nitrogens is 2. The van der Waals surface area contributed by atoms with Crippen LogP contribution in [0.1, 0.15) is 22.3 Å². The number of nitrogens with zero attached hydrogens (tertiary/aromatic N) is 2. The Kier molecular flexibility index (Phi) is 5.15. The molecule has 0 unspecified atom stereocenters. The maximum atomic E-state index is 5.07. The smallest absolute Gasteiger partial charge is 0.0973 e. The number of hydrogen-bond donors (Lipinski definition) is 1. The molecule has 1 aromatic carbocycles. The molecule has 114 valence electrons. The zero-order valence-corrected chi connectivity index (χ0v) is 13.7. The summed E-state index contributed by atoms with van der Waals surface area (Å²) >= 11 is 0. The van der Waals surface area contributed by atoms with Gasteiger partial charge in [-0.25, -0.2) is 0 Å². The van der Waals surface area contributed by atoms with Crippen LogP contribution in [0.2, 0.25) is 0 Å². The van der Waals surface area contributed by atoms with E-state index in [4.69, 9.17) is 4.74 Å². The van der Waals surface area contributed by atoms with Gasteiger partial charge in [0.1, 0.15) is 0 Å². The van der Waals surface area contributed by atoms with E-state index < -0.39 is 0 Å². The molecule has 1 N–H and O–H groups in total. The average molecular weight is 287 g/mol. The van der Waals surface area contributed by atoms with E-state index in [1.54, 1.807) is 7.11 Å². The van der Waals surface area contributed by atoms with E-state index in [-0.39, 0.29) is 0 Å². The minimum atomic E-state index is 0.720. The van der Waals surface area contributed by atoms with E-state index in [1.165, 1.54) is 27.8 Å². The summed E-state index contributed by atoms with van der Waals surface area (Å²) in [5, 5.41) is 8.07. The third kappa shape index (κ3) is 3.71. The summed E-state index contributed by atoms with van der Waals surface area (Å²) in [4.78, 5) is 0. The van der Waals surface area contributed by atoms with Crippen molar-refractivity contribution < 1.29 is 4.74 Å². The molecule has 1 heterocycles. The van der Waals surface area contributed by atoms with Gasteiger partial charge in [-0.15, -0.1) is 0 Å². The first-order valence-corrected chi connectivity index (χ1v) is 7.33. The lowest BCUT2D eigenvalue weighted by Crippen LogP contribution is -2.18. The second kappa shape index (κ2) is 6.87. The first-order chi connectivity index (χ1) is 10.0. The maximum absolute atomic E-state index is 5.07. The summed E-state index contributed by atoms with van der Waals surface area (Å²) in [7, 11) is 3.69. The van der Waals surface area contributed by atoms with Gasteiger partial charge in [0.15, 0.2) is 0 Å². The lowest BCUT2D eigenvalue weighted by atomic mass is 9.95. The largest absolute Gasteiger partial charge is 0.383 e. The van der Waals surface area contributed by atoms with Crippen molar-refractivity contribution >= 4 is 0 Å². The molecule has 21 heavy (non-hydrogen) atoms. The fourth-order valence-electron chi connectivity index (χ4n) is 2.83. The molecule has 0 saturated carbocycles. The first-order valence-electron chi connectivity index (χ1n) is 7.33. The Morgan fingerprint density at radius 3 is 2.48 bits per heavy atom. The molecular formula is C17H25N3O. The number of ether oxygens (including phenoxy) is 1. The van der Waals surface area contributed by atoms with Gasteiger partial charge in [0.25, 0.3) is 0 Å². The summed E-state index contributed by atoms with van der Waals surface area (Å²) in [5.41, 5.74) is 7.42. The van der Waals surface area contributed by atoms with Crippen LogP contribution in [-0.4, -0.2) is 30.0 Å². The molecule has 0 spiro atoms. The molecule has 4 nitrogen and oxygen atoms in total. The summed E-state index contributed by atoms with van der Waals surface area (Å²) < 4.78 is 6.96. The van der Waals surface area contributed by atoms with Crippen LogP contribution in [0.5, 0.6) is 0 Å². The molecule has 0 aliphatic rings. The highest BCUT2D eigenvalue weighted by atomic mass is 16.5. The second-order valence-electron chi connectivity index (χ2n) is 5.62. The summed E-state index contributed by atoms with van der Waals surface area (Å²) in [6.07, 6.45) is 2.09. The van der Waals surface area contributed by atoms with Gasteiger partial charge in [-0.2, -0.15) is 5.10 Å². The standard InChI is InChI=1S/C17H25N3O/c1-12-8-13(2)16(14(3)9-12)17-15(11-20(4)19-17)10-18-6-7-21-5/h8-9,11,18H,6-7,10H2,1-5H3. The quantitative estimate of drug-likeness (QED) is 0.830. The van der Waals surface area contributed by atoms with Gasteiger partial charge in [-0.3, -0.25) is 4.68 Å². The van der Waals surface area contributed by atoms with Gasteiger partial charge in [0, 0.05) is 44.6 Å². The van der Waals surface area contributed by atoms with E-state index in [2.05, 4.69) is 49.5 Å². The minimum absolute atomic E-state index is 0.720. The Labute approximate surface area is 127 Å². The number of benzene rings is 1. The predicted molar refractivity (Wildman–Crippen MR) is 86.4 cm³/mol. The Bertz CT molecular complexity index is 593. The molecule has 0 bridgehead atoms. The first kappa shape index (κ1) is 15.7. The van der Waals surface area contributed by atoms with Crippen molar-refractivity contribution in [3.63, 3.8) is 0 Å². The SMILES string of the molecule is COCCNCc1cn(C)nc1-c1c(C)cc(C)cc1C. The molecule has 2 rings (SSSR count). The summed E-state index contributed by atoms with van der Waals surface area (Å²) in [6.45, 7) is 8.82. The fraction of sp³-hybridized carbons (Fsp3) is 0.471. The second-order valence-corrected chi connectivity index (χ2v) is 5.62. The van der Waals surface area contributed by atoms with Crippen molar-refractivity contribution in [3.8, 4) is 11.3 Å². The van der Waals surface area contributed by atoms with Crippen LogP contribution in [0.25, 0.3) is 11.3 Å². The molecule has 0 atom stereocenters. The average Bonchev–Trinajstić information content (AvgIpc) is 2.74. The highest BCUT2D eigenvalue weighted by Crippen LogP contribution is 2.29. The van der Waals surface area contributed by atoms with Crippen molar-refractivity contribution in [2.45, 2.75) is 27.3 Å². The van der Waals surface area contributed by atoms with Crippen LogP contribution >= 0.6 is 0 Å². The highest BCUT2D eigenvalue weighted by molar-refractivity contribution is 5.70. The van der Waals surface area contributed by atoms with Crippen molar-refractivity contribution in [1.82, 2.24) is 15.1 Å². The minimum Gasteiger partial charge on any atom is -0.383 e. The van der Waals surface area contributed by atoms with Gasteiger partial charge in [-0.05, 0) is 31.9 Å². The molecule has 1 aromatic heterocycles. The Hall–Kier alpha value is -1.65. The van der Waals surface area contributed by atoms with Crippen LogP contribution in [0.15, 0.2) is 18.3 Å². The van der Waals surface area contributed by atoms with Crippen LogP contribution in [-0.2, 0) is 18.3 Å². The normalized spacial score (nSPS) is 11.1. The van der Waals surface area contributed by atoms with E-state index in [1.807, 2.05) is 11.7 Å². The van der Waals surface area contributed by atoms with E-state index in [0.717, 1.165) is 25.4 Å². The molecule has 4 heteroatoms. The van der Waals surface area contributed by atoms with Crippen LogP contribution in [0.4, 0.5) is 0 Å². The van der Waals surface area contributed by atoms with E-state index in [9.17, 15) is 0 Å². The zero-order chi connectivity index (χ0) is 15.4. The number of rotatable bonds is 6. The molecule has 0 radical (unpaired) electrons. The maximum Gasteiger partial charge on any atom is 0.0973 e. The lowest BCUT2D eigenvalue weighted by Gasteiger charge is -2.11. The Balaban J connectivity index is 2.32. The topological polar surface area (TPSA) is 39.1 Å². The monoisotopic (exact) mass is 287 g/mol. The number of nitrogens with one attached hydrogen (secondary N) is 1. The molecule has 0 saturated heterocycles. The van der Waals surface area contributed by atoms with Crippen molar-refractivity contribution in [1.29, 1.82) is 0 Å². The van der Waals surface area contributed by atoms with E-state index in [0.29, 0.717) is 0 Å². The third-order valence-corrected chi connectivity index (χ3v) is 3.62.